The van der Waals surface area contributed by atoms with Crippen LogP contribution in [0.15, 0.2) is 36.4 Å². The van der Waals surface area contributed by atoms with Crippen molar-refractivity contribution in [2.24, 2.45) is 5.73 Å². The maximum Gasteiger partial charge on any atom is 0.134 e. The van der Waals surface area contributed by atoms with Crippen LogP contribution in [0.2, 0.25) is 0 Å². The molecule has 0 aromatic heterocycles. The smallest absolute Gasteiger partial charge is 0.134 e. The number of nitrogens with two attached hydrogens (primary N) is 1. The average Bonchev–Trinajstić information content (AvgIpc) is 2.62. The van der Waals surface area contributed by atoms with E-state index in [1.54, 1.807) is 0 Å². The van der Waals surface area contributed by atoms with Crippen LogP contribution in [0.5, 0.6) is 5.75 Å². The van der Waals surface area contributed by atoms with Gasteiger partial charge in [0.05, 0.1) is 12.2 Å². The van der Waals surface area contributed by atoms with E-state index in [0.29, 0.717) is 12.4 Å². The van der Waals surface area contributed by atoms with Crippen LogP contribution in [0.1, 0.15) is 44.9 Å². The molecule has 2 aromatic carbocycles. The third-order valence-corrected chi connectivity index (χ3v) is 4.29. The lowest BCUT2D eigenvalue weighted by atomic mass is 10.0. The molecule has 0 aliphatic heterocycles. The minimum atomic E-state index is -0.788. The van der Waals surface area contributed by atoms with E-state index >= 15 is 0 Å². The first-order valence-corrected chi connectivity index (χ1v) is 9.20. The summed E-state index contributed by atoms with van der Waals surface area (Å²) in [6.45, 7) is 1.25. The highest BCUT2D eigenvalue weighted by atomic mass is 19.1. The van der Waals surface area contributed by atoms with Gasteiger partial charge >= 0.3 is 0 Å². The highest BCUT2D eigenvalue weighted by Crippen LogP contribution is 2.30. The fourth-order valence-corrected chi connectivity index (χ4v) is 2.86. The molecule has 0 aliphatic carbocycles. The van der Waals surface area contributed by atoms with Gasteiger partial charge < -0.3 is 10.5 Å². The summed E-state index contributed by atoms with van der Waals surface area (Å²) in [4.78, 5) is 0. The van der Waals surface area contributed by atoms with Gasteiger partial charge in [-0.05, 0) is 43.7 Å². The predicted molar refractivity (Wildman–Crippen MR) is 98.6 cm³/mol. The Morgan fingerprint density at radius 1 is 0.731 bits per heavy atom. The minimum Gasteiger partial charge on any atom is -0.493 e. The Labute approximate surface area is 153 Å². The van der Waals surface area contributed by atoms with Crippen molar-refractivity contribution in [2.45, 2.75) is 44.9 Å². The third-order valence-electron chi connectivity index (χ3n) is 4.29. The molecule has 0 unspecified atom stereocenters. The van der Waals surface area contributed by atoms with Gasteiger partial charge in [0.25, 0.3) is 0 Å². The Kier molecular flexibility index (Phi) is 8.48. The summed E-state index contributed by atoms with van der Waals surface area (Å²) in [7, 11) is 0. The van der Waals surface area contributed by atoms with Gasteiger partial charge in [0.1, 0.15) is 23.2 Å². The van der Waals surface area contributed by atoms with Crippen LogP contribution in [0.3, 0.4) is 0 Å². The summed E-state index contributed by atoms with van der Waals surface area (Å²) in [5.74, 6) is -1.91. The van der Waals surface area contributed by atoms with Gasteiger partial charge in [-0.15, -0.1) is 0 Å². The number of benzene rings is 2. The molecule has 0 atom stereocenters. The Balaban J connectivity index is 1.79. The molecular formula is C21H26F3NO. The lowest BCUT2D eigenvalue weighted by Crippen LogP contribution is -1.99. The van der Waals surface area contributed by atoms with Crippen LogP contribution >= 0.6 is 0 Å². The summed E-state index contributed by atoms with van der Waals surface area (Å²) in [5, 5.41) is 0. The van der Waals surface area contributed by atoms with Crippen molar-refractivity contribution in [2.75, 3.05) is 13.2 Å². The molecule has 0 saturated carbocycles. The van der Waals surface area contributed by atoms with Gasteiger partial charge in [0.15, 0.2) is 0 Å². The molecule has 142 valence electrons. The van der Waals surface area contributed by atoms with Crippen LogP contribution in [0, 0.1) is 17.5 Å². The summed E-state index contributed by atoms with van der Waals surface area (Å²) >= 11 is 0. The van der Waals surface area contributed by atoms with E-state index < -0.39 is 17.5 Å². The Hall–Kier alpha value is -2.01. The largest absolute Gasteiger partial charge is 0.493 e. The van der Waals surface area contributed by atoms with Crippen molar-refractivity contribution in [3.05, 3.63) is 53.8 Å². The number of unbranched alkanes of at least 4 members (excludes halogenated alkanes) is 6. The number of hydrogen-bond donors (Lipinski definition) is 1. The Morgan fingerprint density at radius 3 is 1.96 bits per heavy atom. The SMILES string of the molecule is NCCCCCCCCCOc1ccc(-c2c(F)cccc2F)c(F)c1. The first kappa shape index (κ1) is 20.3. The van der Waals surface area contributed by atoms with Crippen molar-refractivity contribution in [3.63, 3.8) is 0 Å². The molecular weight excluding hydrogens is 339 g/mol. The number of halogens is 3. The van der Waals surface area contributed by atoms with E-state index in [1.807, 2.05) is 0 Å². The van der Waals surface area contributed by atoms with Gasteiger partial charge in [-0.1, -0.05) is 38.2 Å². The number of ether oxygens (including phenoxy) is 1. The lowest BCUT2D eigenvalue weighted by molar-refractivity contribution is 0.303. The molecule has 2 nitrogen and oxygen atoms in total. The van der Waals surface area contributed by atoms with Gasteiger partial charge in [0.2, 0.25) is 0 Å². The van der Waals surface area contributed by atoms with Crippen LogP contribution in [-0.2, 0) is 0 Å². The summed E-state index contributed by atoms with van der Waals surface area (Å²) in [6.07, 6.45) is 7.76. The zero-order valence-corrected chi connectivity index (χ0v) is 14.9. The molecule has 0 spiro atoms. The molecule has 2 aromatic rings. The van der Waals surface area contributed by atoms with E-state index in [-0.39, 0.29) is 11.1 Å². The van der Waals surface area contributed by atoms with Gasteiger partial charge in [-0.3, -0.25) is 0 Å². The van der Waals surface area contributed by atoms with Crippen LogP contribution in [-0.4, -0.2) is 13.2 Å². The monoisotopic (exact) mass is 365 g/mol. The topological polar surface area (TPSA) is 35.2 Å². The lowest BCUT2D eigenvalue weighted by Gasteiger charge is -2.10. The molecule has 0 fully saturated rings. The molecule has 2 rings (SSSR count). The Morgan fingerprint density at radius 2 is 1.35 bits per heavy atom. The fraction of sp³-hybridized carbons (Fsp3) is 0.429. The molecule has 0 bridgehead atoms. The van der Waals surface area contributed by atoms with E-state index in [1.165, 1.54) is 43.5 Å². The van der Waals surface area contributed by atoms with Crippen molar-refractivity contribution < 1.29 is 17.9 Å². The first-order valence-electron chi connectivity index (χ1n) is 9.20. The predicted octanol–water partition coefficient (Wildman–Crippen LogP) is 5.84. The van der Waals surface area contributed by atoms with E-state index in [2.05, 4.69) is 0 Å². The van der Waals surface area contributed by atoms with Gasteiger partial charge in [-0.25, -0.2) is 13.2 Å². The van der Waals surface area contributed by atoms with Crippen molar-refractivity contribution in [1.82, 2.24) is 0 Å². The van der Waals surface area contributed by atoms with E-state index in [0.717, 1.165) is 44.4 Å². The van der Waals surface area contributed by atoms with Crippen LogP contribution < -0.4 is 10.5 Å². The second-order valence-corrected chi connectivity index (χ2v) is 6.35. The molecule has 26 heavy (non-hydrogen) atoms. The minimum absolute atomic E-state index is 0.106. The Bertz CT molecular complexity index is 671. The van der Waals surface area contributed by atoms with E-state index in [9.17, 15) is 13.2 Å². The molecule has 5 heteroatoms. The zero-order valence-electron chi connectivity index (χ0n) is 14.9. The first-order chi connectivity index (χ1) is 12.6. The molecule has 2 N–H and O–H groups in total. The number of rotatable bonds is 11. The highest BCUT2D eigenvalue weighted by molar-refractivity contribution is 5.66. The second kappa shape index (κ2) is 10.9. The third kappa shape index (κ3) is 6.06. The van der Waals surface area contributed by atoms with Crippen LogP contribution in [0.25, 0.3) is 11.1 Å². The molecule has 0 saturated heterocycles. The van der Waals surface area contributed by atoms with Crippen LogP contribution in [0.4, 0.5) is 13.2 Å². The van der Waals surface area contributed by atoms with Crippen molar-refractivity contribution in [1.29, 1.82) is 0 Å². The standard InChI is InChI=1S/C21H26F3NO/c22-18-9-8-10-19(23)21(18)17-12-11-16(15-20(17)24)26-14-7-5-3-1-2-4-6-13-25/h8-12,15H,1-7,13-14,25H2. The van der Waals surface area contributed by atoms with E-state index in [4.69, 9.17) is 10.5 Å². The van der Waals surface area contributed by atoms with Gasteiger partial charge in [-0.2, -0.15) is 0 Å². The highest BCUT2D eigenvalue weighted by Gasteiger charge is 2.15. The zero-order chi connectivity index (χ0) is 18.8. The molecule has 0 heterocycles. The normalized spacial score (nSPS) is 10.9. The molecule has 0 aliphatic rings. The molecule has 0 radical (unpaired) electrons. The fourth-order valence-electron chi connectivity index (χ4n) is 2.86. The van der Waals surface area contributed by atoms with Crippen molar-refractivity contribution in [3.8, 4) is 16.9 Å². The summed E-state index contributed by atoms with van der Waals surface area (Å²) in [5.41, 5.74) is 4.99. The summed E-state index contributed by atoms with van der Waals surface area (Å²) < 4.78 is 47.4. The second-order valence-electron chi connectivity index (χ2n) is 6.35. The maximum atomic E-state index is 14.3. The molecule has 0 amide bonds. The maximum absolute atomic E-state index is 14.3. The summed E-state index contributed by atoms with van der Waals surface area (Å²) in [6, 6.07) is 7.53. The average molecular weight is 365 g/mol. The van der Waals surface area contributed by atoms with Gasteiger partial charge in [0, 0.05) is 11.6 Å². The van der Waals surface area contributed by atoms with Crippen molar-refractivity contribution >= 4 is 0 Å². The quantitative estimate of drug-likeness (QED) is 0.508. The number of hydrogen-bond acceptors (Lipinski definition) is 2.